The van der Waals surface area contributed by atoms with Crippen LogP contribution in [0.5, 0.6) is 11.5 Å². The molecule has 2 fully saturated rings. The largest absolute Gasteiger partial charge is 0.495 e. The summed E-state index contributed by atoms with van der Waals surface area (Å²) in [6.07, 6.45) is 1.35. The van der Waals surface area contributed by atoms with E-state index in [1.165, 1.54) is 11.4 Å². The maximum absolute atomic E-state index is 13.4. The number of piperazine rings is 1. The Kier molecular flexibility index (Phi) is 7.33. The Morgan fingerprint density at radius 1 is 0.941 bits per heavy atom. The Bertz CT molecular complexity index is 1130. The van der Waals surface area contributed by atoms with Crippen LogP contribution in [-0.4, -0.2) is 77.0 Å². The van der Waals surface area contributed by atoms with Crippen molar-refractivity contribution in [2.45, 2.75) is 24.7 Å². The van der Waals surface area contributed by atoms with Gasteiger partial charge in [-0.15, -0.1) is 0 Å². The van der Waals surface area contributed by atoms with Crippen LogP contribution in [0.4, 0.5) is 5.69 Å². The molecule has 184 valence electrons. The summed E-state index contributed by atoms with van der Waals surface area (Å²) in [5, 5.41) is 0. The van der Waals surface area contributed by atoms with Crippen LogP contribution in [-0.2, 0) is 14.8 Å². The Balaban J connectivity index is 1.43. The van der Waals surface area contributed by atoms with Gasteiger partial charge in [0.05, 0.1) is 25.8 Å². The molecule has 2 aliphatic heterocycles. The normalized spacial score (nSPS) is 19.7. The molecule has 0 unspecified atom stereocenters. The smallest absolute Gasteiger partial charge is 0.246 e. The molecular weight excluding hydrogens is 454 g/mol. The summed E-state index contributed by atoms with van der Waals surface area (Å²) in [6.45, 7) is 5.09. The number of sulfonamides is 1. The molecule has 34 heavy (non-hydrogen) atoms. The molecule has 0 aromatic heterocycles. The molecule has 0 radical (unpaired) electrons. The topological polar surface area (TPSA) is 79.4 Å². The molecule has 1 amide bonds. The third-order valence-electron chi connectivity index (χ3n) is 6.69. The van der Waals surface area contributed by atoms with Gasteiger partial charge < -0.3 is 19.3 Å². The summed E-state index contributed by atoms with van der Waals surface area (Å²) in [5.41, 5.74) is 1.87. The van der Waals surface area contributed by atoms with E-state index >= 15 is 0 Å². The lowest BCUT2D eigenvalue weighted by Crippen LogP contribution is -2.53. The second-order valence-corrected chi connectivity index (χ2v) is 10.7. The van der Waals surface area contributed by atoms with Crippen LogP contribution in [0.15, 0.2) is 47.4 Å². The average Bonchev–Trinajstić information content (AvgIpc) is 2.88. The van der Waals surface area contributed by atoms with Gasteiger partial charge in [-0.25, -0.2) is 8.42 Å². The number of para-hydroxylation sites is 2. The van der Waals surface area contributed by atoms with Gasteiger partial charge in [-0.1, -0.05) is 18.2 Å². The lowest BCUT2D eigenvalue weighted by atomic mass is 9.97. The first-order valence-electron chi connectivity index (χ1n) is 11.7. The van der Waals surface area contributed by atoms with Gasteiger partial charge in [-0.05, 0) is 49.6 Å². The van der Waals surface area contributed by atoms with Gasteiger partial charge in [0.2, 0.25) is 15.9 Å². The quantitative estimate of drug-likeness (QED) is 0.624. The summed E-state index contributed by atoms with van der Waals surface area (Å²) in [5.74, 6) is 0.849. The van der Waals surface area contributed by atoms with Crippen molar-refractivity contribution in [2.24, 2.45) is 5.92 Å². The van der Waals surface area contributed by atoms with E-state index in [2.05, 4.69) is 4.90 Å². The Morgan fingerprint density at radius 3 is 2.35 bits per heavy atom. The zero-order valence-electron chi connectivity index (χ0n) is 20.1. The zero-order valence-corrected chi connectivity index (χ0v) is 20.9. The van der Waals surface area contributed by atoms with Crippen LogP contribution >= 0.6 is 0 Å². The SMILES string of the molecule is COc1ccccc1N1CCN(C(=O)[C@H]2CCCN(S(=O)(=O)c3cc(C)ccc3OC)C2)CC1. The van der Waals surface area contributed by atoms with Crippen LogP contribution in [0.25, 0.3) is 0 Å². The van der Waals surface area contributed by atoms with Crippen molar-refractivity contribution in [1.29, 1.82) is 0 Å². The van der Waals surface area contributed by atoms with Crippen LogP contribution in [0.2, 0.25) is 0 Å². The van der Waals surface area contributed by atoms with E-state index < -0.39 is 10.0 Å². The number of carbonyl (C=O) groups excluding carboxylic acids is 1. The summed E-state index contributed by atoms with van der Waals surface area (Å²) in [7, 11) is -0.632. The number of anilines is 1. The second kappa shape index (κ2) is 10.2. The van der Waals surface area contributed by atoms with E-state index in [4.69, 9.17) is 9.47 Å². The van der Waals surface area contributed by atoms with Gasteiger partial charge in [0, 0.05) is 39.3 Å². The highest BCUT2D eigenvalue weighted by molar-refractivity contribution is 7.89. The monoisotopic (exact) mass is 487 g/mol. The summed E-state index contributed by atoms with van der Waals surface area (Å²) < 4.78 is 39.1. The fraction of sp³-hybridized carbons (Fsp3) is 0.480. The van der Waals surface area contributed by atoms with E-state index in [0.717, 1.165) is 17.0 Å². The van der Waals surface area contributed by atoms with Gasteiger partial charge in [-0.2, -0.15) is 4.31 Å². The molecule has 2 heterocycles. The van der Waals surface area contributed by atoms with Gasteiger partial charge >= 0.3 is 0 Å². The Morgan fingerprint density at radius 2 is 1.65 bits per heavy atom. The number of benzene rings is 2. The molecule has 8 nitrogen and oxygen atoms in total. The van der Waals surface area contributed by atoms with E-state index in [0.29, 0.717) is 51.3 Å². The summed E-state index contributed by atoms with van der Waals surface area (Å²) in [4.78, 5) is 17.6. The fourth-order valence-electron chi connectivity index (χ4n) is 4.80. The number of nitrogens with zero attached hydrogens (tertiary/aromatic N) is 3. The van der Waals surface area contributed by atoms with Crippen molar-refractivity contribution < 1.29 is 22.7 Å². The van der Waals surface area contributed by atoms with Gasteiger partial charge in [0.25, 0.3) is 0 Å². The third-order valence-corrected chi connectivity index (χ3v) is 8.57. The molecule has 0 saturated carbocycles. The molecule has 1 atom stereocenters. The second-order valence-electron chi connectivity index (χ2n) is 8.84. The molecule has 9 heteroatoms. The zero-order chi connectivity index (χ0) is 24.3. The van der Waals surface area contributed by atoms with Crippen LogP contribution in [0.3, 0.4) is 0 Å². The number of amides is 1. The molecule has 2 aromatic carbocycles. The first kappa shape index (κ1) is 24.3. The molecule has 2 aliphatic rings. The molecule has 2 aromatic rings. The number of hydrogen-bond acceptors (Lipinski definition) is 6. The van der Waals surface area contributed by atoms with E-state index in [9.17, 15) is 13.2 Å². The highest BCUT2D eigenvalue weighted by Crippen LogP contribution is 2.32. The minimum absolute atomic E-state index is 0.0378. The molecular formula is C25H33N3O5S. The van der Waals surface area contributed by atoms with Crippen LogP contribution in [0, 0.1) is 12.8 Å². The number of piperidine rings is 1. The Hall–Kier alpha value is -2.78. The maximum Gasteiger partial charge on any atom is 0.246 e. The van der Waals surface area contributed by atoms with Crippen LogP contribution < -0.4 is 14.4 Å². The minimum Gasteiger partial charge on any atom is -0.495 e. The van der Waals surface area contributed by atoms with Crippen molar-refractivity contribution >= 4 is 21.6 Å². The van der Waals surface area contributed by atoms with Crippen LogP contribution in [0.1, 0.15) is 18.4 Å². The summed E-state index contributed by atoms with van der Waals surface area (Å²) >= 11 is 0. The van der Waals surface area contributed by atoms with Crippen molar-refractivity contribution in [1.82, 2.24) is 9.21 Å². The highest BCUT2D eigenvalue weighted by atomic mass is 32.2. The van der Waals surface area contributed by atoms with Gasteiger partial charge in [-0.3, -0.25) is 4.79 Å². The fourth-order valence-corrected chi connectivity index (χ4v) is 6.57. The average molecular weight is 488 g/mol. The summed E-state index contributed by atoms with van der Waals surface area (Å²) in [6, 6.07) is 13.0. The lowest BCUT2D eigenvalue weighted by Gasteiger charge is -2.39. The van der Waals surface area contributed by atoms with E-state index in [-0.39, 0.29) is 23.3 Å². The van der Waals surface area contributed by atoms with E-state index in [1.807, 2.05) is 42.2 Å². The predicted octanol–water partition coefficient (Wildman–Crippen LogP) is 2.76. The standard InChI is InChI=1S/C25H33N3O5S/c1-19-10-11-23(33-3)24(17-19)34(30,31)28-12-6-7-20(18-28)25(29)27-15-13-26(14-16-27)21-8-4-5-9-22(21)32-2/h4-5,8-11,17,20H,6-7,12-16,18H2,1-3H3/t20-/m0/s1. The predicted molar refractivity (Wildman–Crippen MR) is 131 cm³/mol. The first-order valence-corrected chi connectivity index (χ1v) is 13.1. The van der Waals surface area contributed by atoms with Crippen molar-refractivity contribution in [2.75, 3.05) is 58.4 Å². The molecule has 0 N–H and O–H groups in total. The molecule has 0 bridgehead atoms. The van der Waals surface area contributed by atoms with Crippen molar-refractivity contribution in [3.63, 3.8) is 0 Å². The Labute approximate surface area is 202 Å². The molecule has 4 rings (SSSR count). The number of aryl methyl sites for hydroxylation is 1. The number of carbonyl (C=O) groups is 1. The number of methoxy groups -OCH3 is 2. The van der Waals surface area contributed by atoms with Crippen molar-refractivity contribution in [3.8, 4) is 11.5 Å². The number of ether oxygens (including phenoxy) is 2. The molecule has 2 saturated heterocycles. The number of hydrogen-bond donors (Lipinski definition) is 0. The van der Waals surface area contributed by atoms with Gasteiger partial charge in [0.15, 0.2) is 0 Å². The highest BCUT2D eigenvalue weighted by Gasteiger charge is 2.37. The first-order chi connectivity index (χ1) is 16.3. The van der Waals surface area contributed by atoms with Gasteiger partial charge in [0.1, 0.15) is 16.4 Å². The van der Waals surface area contributed by atoms with Crippen molar-refractivity contribution in [3.05, 3.63) is 48.0 Å². The molecule has 0 spiro atoms. The third kappa shape index (κ3) is 4.86. The lowest BCUT2D eigenvalue weighted by molar-refractivity contribution is -0.137. The molecule has 0 aliphatic carbocycles. The maximum atomic E-state index is 13.4. The van der Waals surface area contributed by atoms with E-state index in [1.54, 1.807) is 19.2 Å². The minimum atomic E-state index is -3.76. The number of rotatable bonds is 6.